The second-order valence-electron chi connectivity index (χ2n) is 5.78. The number of urea groups is 1. The second-order valence-corrected chi connectivity index (χ2v) is 5.78. The number of nitrogens with zero attached hydrogens (tertiary/aromatic N) is 1. The molecule has 1 aliphatic heterocycles. The van der Waals surface area contributed by atoms with Gasteiger partial charge >= 0.3 is 6.03 Å². The average molecular weight is 305 g/mol. The number of nitrogens with two attached hydrogens (primary N) is 1. The number of amides is 3. The summed E-state index contributed by atoms with van der Waals surface area (Å²) in [5.74, 6) is -0.0208. The Morgan fingerprint density at radius 3 is 2.36 bits per heavy atom. The van der Waals surface area contributed by atoms with Crippen LogP contribution in [-0.2, 0) is 6.54 Å². The number of aliphatic hydroxyl groups is 1. The van der Waals surface area contributed by atoms with Gasteiger partial charge in [-0.15, -0.1) is 0 Å². The molecule has 3 amide bonds. The van der Waals surface area contributed by atoms with Crippen LogP contribution in [0.1, 0.15) is 42.1 Å². The van der Waals surface area contributed by atoms with E-state index in [1.54, 1.807) is 29.2 Å². The van der Waals surface area contributed by atoms with Crippen LogP contribution in [0.3, 0.4) is 0 Å². The van der Waals surface area contributed by atoms with E-state index in [2.05, 4.69) is 5.32 Å². The molecule has 0 spiro atoms. The van der Waals surface area contributed by atoms with Crippen molar-refractivity contribution in [3.05, 3.63) is 35.4 Å². The fourth-order valence-corrected chi connectivity index (χ4v) is 2.62. The number of benzene rings is 1. The first kappa shape index (κ1) is 16.3. The molecule has 1 aromatic rings. The van der Waals surface area contributed by atoms with Crippen LogP contribution in [0.15, 0.2) is 24.3 Å². The quantitative estimate of drug-likeness (QED) is 0.780. The van der Waals surface area contributed by atoms with Crippen LogP contribution in [-0.4, -0.2) is 40.6 Å². The third kappa shape index (κ3) is 3.98. The van der Waals surface area contributed by atoms with Crippen LogP contribution in [0, 0.1) is 0 Å². The van der Waals surface area contributed by atoms with Gasteiger partial charge in [0.2, 0.25) is 0 Å². The summed E-state index contributed by atoms with van der Waals surface area (Å²) in [5.41, 5.74) is 5.89. The molecule has 0 aliphatic carbocycles. The zero-order valence-corrected chi connectivity index (χ0v) is 12.8. The number of primary amides is 1. The molecule has 1 aliphatic rings. The molecule has 6 nitrogen and oxygen atoms in total. The topological polar surface area (TPSA) is 95.7 Å². The van der Waals surface area contributed by atoms with Crippen molar-refractivity contribution in [3.63, 3.8) is 0 Å². The Labute approximate surface area is 130 Å². The molecule has 2 rings (SSSR count). The third-order valence-electron chi connectivity index (χ3n) is 4.31. The lowest BCUT2D eigenvalue weighted by molar-refractivity contribution is -0.0193. The first-order valence-electron chi connectivity index (χ1n) is 7.57. The van der Waals surface area contributed by atoms with E-state index in [4.69, 9.17) is 5.73 Å². The molecule has 0 bridgehead atoms. The van der Waals surface area contributed by atoms with Gasteiger partial charge in [-0.1, -0.05) is 19.1 Å². The maximum atomic E-state index is 12.4. The van der Waals surface area contributed by atoms with Crippen molar-refractivity contribution < 1.29 is 14.7 Å². The second kappa shape index (κ2) is 6.79. The average Bonchev–Trinajstić information content (AvgIpc) is 2.53. The summed E-state index contributed by atoms with van der Waals surface area (Å²) in [7, 11) is 0. The molecule has 0 aromatic heterocycles. The van der Waals surface area contributed by atoms with Gasteiger partial charge in [-0.25, -0.2) is 4.79 Å². The van der Waals surface area contributed by atoms with E-state index in [0.29, 0.717) is 38.0 Å². The highest BCUT2D eigenvalue weighted by Gasteiger charge is 2.32. The van der Waals surface area contributed by atoms with E-state index < -0.39 is 11.6 Å². The van der Waals surface area contributed by atoms with Crippen LogP contribution in [0.4, 0.5) is 4.79 Å². The zero-order chi connectivity index (χ0) is 16.2. The van der Waals surface area contributed by atoms with Crippen LogP contribution >= 0.6 is 0 Å². The van der Waals surface area contributed by atoms with Crippen LogP contribution in [0.5, 0.6) is 0 Å². The van der Waals surface area contributed by atoms with Gasteiger partial charge in [0.15, 0.2) is 0 Å². The minimum atomic E-state index is -0.624. The van der Waals surface area contributed by atoms with Crippen molar-refractivity contribution in [1.29, 1.82) is 0 Å². The molecule has 1 fully saturated rings. The number of hydrogen-bond acceptors (Lipinski definition) is 3. The molecule has 6 heteroatoms. The molecule has 0 radical (unpaired) electrons. The maximum Gasteiger partial charge on any atom is 0.312 e. The van der Waals surface area contributed by atoms with Gasteiger partial charge in [-0.3, -0.25) is 4.79 Å². The standard InChI is InChI=1S/C16H23N3O3/c1-2-16(22)7-9-19(10-8-16)14(20)13-5-3-12(4-6-13)11-18-15(17)21/h3-6,22H,2,7-11H2,1H3,(H3,17,18,21). The monoisotopic (exact) mass is 305 g/mol. The fourth-order valence-electron chi connectivity index (χ4n) is 2.62. The third-order valence-corrected chi connectivity index (χ3v) is 4.31. The summed E-state index contributed by atoms with van der Waals surface area (Å²) in [5, 5.41) is 12.7. The lowest BCUT2D eigenvalue weighted by Crippen LogP contribution is -2.46. The van der Waals surface area contributed by atoms with E-state index in [1.807, 2.05) is 6.92 Å². The van der Waals surface area contributed by atoms with Crippen molar-refractivity contribution >= 4 is 11.9 Å². The highest BCUT2D eigenvalue weighted by Crippen LogP contribution is 2.26. The van der Waals surface area contributed by atoms with Crippen molar-refractivity contribution in [2.75, 3.05) is 13.1 Å². The molecule has 1 saturated heterocycles. The van der Waals surface area contributed by atoms with Gasteiger partial charge < -0.3 is 21.1 Å². The van der Waals surface area contributed by atoms with E-state index in [1.165, 1.54) is 0 Å². The Morgan fingerprint density at radius 2 is 1.86 bits per heavy atom. The SMILES string of the molecule is CCC1(O)CCN(C(=O)c2ccc(CNC(N)=O)cc2)CC1. The van der Waals surface area contributed by atoms with Crippen LogP contribution < -0.4 is 11.1 Å². The van der Waals surface area contributed by atoms with Gasteiger partial charge in [0.05, 0.1) is 5.60 Å². The number of piperidine rings is 1. The highest BCUT2D eigenvalue weighted by molar-refractivity contribution is 5.94. The maximum absolute atomic E-state index is 12.4. The van der Waals surface area contributed by atoms with Gasteiger partial charge in [0, 0.05) is 25.2 Å². The molecule has 0 unspecified atom stereocenters. The summed E-state index contributed by atoms with van der Waals surface area (Å²) in [6, 6.07) is 6.53. The summed E-state index contributed by atoms with van der Waals surface area (Å²) in [6.07, 6.45) is 1.96. The van der Waals surface area contributed by atoms with Gasteiger partial charge in [0.25, 0.3) is 5.91 Å². The summed E-state index contributed by atoms with van der Waals surface area (Å²) in [6.45, 7) is 3.47. The predicted molar refractivity (Wildman–Crippen MR) is 83.2 cm³/mol. The van der Waals surface area contributed by atoms with E-state index in [9.17, 15) is 14.7 Å². The molecular weight excluding hydrogens is 282 g/mol. The van der Waals surface area contributed by atoms with E-state index in [0.717, 1.165) is 12.0 Å². The Bertz CT molecular complexity index is 534. The Hall–Kier alpha value is -2.08. The normalized spacial score (nSPS) is 17.1. The number of rotatable bonds is 4. The molecule has 22 heavy (non-hydrogen) atoms. The van der Waals surface area contributed by atoms with Crippen molar-refractivity contribution in [2.45, 2.75) is 38.3 Å². The number of likely N-dealkylation sites (tertiary alicyclic amines) is 1. The largest absolute Gasteiger partial charge is 0.390 e. The van der Waals surface area contributed by atoms with Gasteiger partial charge in [-0.05, 0) is 37.0 Å². The number of nitrogens with one attached hydrogen (secondary N) is 1. The smallest absolute Gasteiger partial charge is 0.312 e. The molecular formula is C16H23N3O3. The van der Waals surface area contributed by atoms with Crippen molar-refractivity contribution in [1.82, 2.24) is 10.2 Å². The molecule has 120 valence electrons. The van der Waals surface area contributed by atoms with Gasteiger partial charge in [0.1, 0.15) is 0 Å². The molecule has 1 aromatic carbocycles. The van der Waals surface area contributed by atoms with Crippen LogP contribution in [0.2, 0.25) is 0 Å². The van der Waals surface area contributed by atoms with Crippen molar-refractivity contribution in [2.24, 2.45) is 5.73 Å². The number of carbonyl (C=O) groups excluding carboxylic acids is 2. The lowest BCUT2D eigenvalue weighted by Gasteiger charge is -2.37. The summed E-state index contributed by atoms with van der Waals surface area (Å²) in [4.78, 5) is 24.9. The molecule has 1 heterocycles. The van der Waals surface area contributed by atoms with E-state index in [-0.39, 0.29) is 5.91 Å². The minimum Gasteiger partial charge on any atom is -0.390 e. The van der Waals surface area contributed by atoms with Gasteiger partial charge in [-0.2, -0.15) is 0 Å². The zero-order valence-electron chi connectivity index (χ0n) is 12.8. The summed E-state index contributed by atoms with van der Waals surface area (Å²) < 4.78 is 0. The Balaban J connectivity index is 1.94. The highest BCUT2D eigenvalue weighted by atomic mass is 16.3. The van der Waals surface area contributed by atoms with E-state index >= 15 is 0 Å². The Kier molecular flexibility index (Phi) is 5.03. The number of carbonyl (C=O) groups is 2. The molecule has 0 saturated carbocycles. The van der Waals surface area contributed by atoms with Crippen LogP contribution in [0.25, 0.3) is 0 Å². The first-order valence-corrected chi connectivity index (χ1v) is 7.57. The fraction of sp³-hybridized carbons (Fsp3) is 0.500. The lowest BCUT2D eigenvalue weighted by atomic mass is 9.89. The van der Waals surface area contributed by atoms with Crippen molar-refractivity contribution in [3.8, 4) is 0 Å². The Morgan fingerprint density at radius 1 is 1.27 bits per heavy atom. The molecule has 0 atom stereocenters. The minimum absolute atomic E-state index is 0.0208. The number of hydrogen-bond donors (Lipinski definition) is 3. The molecule has 4 N–H and O–H groups in total. The first-order chi connectivity index (χ1) is 10.4. The predicted octanol–water partition coefficient (Wildman–Crippen LogP) is 1.23. The summed E-state index contributed by atoms with van der Waals surface area (Å²) >= 11 is 0.